The molecule has 2 rings (SSSR count). The average molecular weight is 257 g/mol. The van der Waals surface area contributed by atoms with Crippen molar-refractivity contribution in [2.24, 2.45) is 5.84 Å². The Morgan fingerprint density at radius 1 is 1.44 bits per heavy atom. The van der Waals surface area contributed by atoms with E-state index in [1.165, 1.54) is 0 Å². The molecule has 0 radical (unpaired) electrons. The summed E-state index contributed by atoms with van der Waals surface area (Å²) in [6, 6.07) is 0.409. The molecule has 2 heterocycles. The first kappa shape index (κ1) is 13.7. The van der Waals surface area contributed by atoms with Crippen molar-refractivity contribution >= 4 is 5.91 Å². The van der Waals surface area contributed by atoms with Gasteiger partial charge in [-0.15, -0.1) is 0 Å². The van der Waals surface area contributed by atoms with Crippen LogP contribution < -0.4 is 11.3 Å². The maximum atomic E-state index is 11.4. The third kappa shape index (κ3) is 3.20. The predicted octanol–water partition coefficient (Wildman–Crippen LogP) is -0.367. The monoisotopic (exact) mass is 257 g/mol. The van der Waals surface area contributed by atoms with Crippen molar-refractivity contribution in [1.29, 1.82) is 0 Å². The Morgan fingerprint density at radius 3 is 2.94 bits per heavy atom. The second-order valence-corrected chi connectivity index (χ2v) is 5.28. The van der Waals surface area contributed by atoms with Crippen LogP contribution in [0.15, 0.2) is 0 Å². The average Bonchev–Trinajstić information content (AvgIpc) is 2.81. The number of carbonyl (C=O) groups is 1. The Kier molecular flexibility index (Phi) is 4.55. The van der Waals surface area contributed by atoms with Crippen LogP contribution in [-0.4, -0.2) is 54.9 Å². The summed E-state index contributed by atoms with van der Waals surface area (Å²) in [6.07, 6.45) is 1.68. The Hall–Kier alpha value is -0.690. The summed E-state index contributed by atoms with van der Waals surface area (Å²) < 4.78 is 11.3. The van der Waals surface area contributed by atoms with Crippen molar-refractivity contribution in [1.82, 2.24) is 10.3 Å². The van der Waals surface area contributed by atoms with E-state index < -0.39 is 0 Å². The molecule has 104 valence electrons. The van der Waals surface area contributed by atoms with E-state index in [9.17, 15) is 4.79 Å². The van der Waals surface area contributed by atoms with Crippen LogP contribution in [0.25, 0.3) is 0 Å². The van der Waals surface area contributed by atoms with Crippen LogP contribution in [0.4, 0.5) is 0 Å². The van der Waals surface area contributed by atoms with Crippen molar-refractivity contribution in [2.75, 3.05) is 19.7 Å². The second-order valence-electron chi connectivity index (χ2n) is 5.28. The van der Waals surface area contributed by atoms with Gasteiger partial charge in [-0.05, 0) is 26.7 Å². The highest BCUT2D eigenvalue weighted by Gasteiger charge is 2.33. The lowest BCUT2D eigenvalue weighted by Crippen LogP contribution is -2.50. The molecule has 4 atom stereocenters. The number of hydrazine groups is 1. The van der Waals surface area contributed by atoms with Gasteiger partial charge in [0.25, 0.3) is 5.91 Å². The number of hydrogen-bond donors (Lipinski definition) is 2. The zero-order valence-corrected chi connectivity index (χ0v) is 11.1. The normalized spacial score (nSPS) is 37.7. The highest BCUT2D eigenvalue weighted by molar-refractivity contribution is 5.80. The molecule has 0 aromatic heterocycles. The fourth-order valence-corrected chi connectivity index (χ4v) is 2.61. The lowest BCUT2D eigenvalue weighted by molar-refractivity contribution is -0.133. The molecule has 4 unspecified atom stereocenters. The molecule has 1 amide bonds. The number of hydrogen-bond acceptors (Lipinski definition) is 5. The summed E-state index contributed by atoms with van der Waals surface area (Å²) in [6.45, 7) is 6.79. The fourth-order valence-electron chi connectivity index (χ4n) is 2.61. The molecule has 6 heteroatoms. The summed E-state index contributed by atoms with van der Waals surface area (Å²) in [4.78, 5) is 13.8. The molecule has 0 aliphatic carbocycles. The molecule has 2 saturated heterocycles. The molecule has 3 N–H and O–H groups in total. The summed E-state index contributed by atoms with van der Waals surface area (Å²) >= 11 is 0. The van der Waals surface area contributed by atoms with Gasteiger partial charge in [-0.1, -0.05) is 0 Å². The van der Waals surface area contributed by atoms with Crippen LogP contribution in [-0.2, 0) is 14.3 Å². The molecule has 18 heavy (non-hydrogen) atoms. The second kappa shape index (κ2) is 5.97. The van der Waals surface area contributed by atoms with E-state index in [0.29, 0.717) is 6.04 Å². The highest BCUT2D eigenvalue weighted by Crippen LogP contribution is 2.22. The minimum atomic E-state index is -0.381. The van der Waals surface area contributed by atoms with Crippen LogP contribution in [0, 0.1) is 0 Å². The van der Waals surface area contributed by atoms with Crippen molar-refractivity contribution in [2.45, 2.75) is 51.0 Å². The molecule has 0 aromatic carbocycles. The molecular weight excluding hydrogens is 234 g/mol. The molecule has 0 bridgehead atoms. The molecule has 0 spiro atoms. The first-order valence-corrected chi connectivity index (χ1v) is 6.61. The zero-order valence-electron chi connectivity index (χ0n) is 11.1. The summed E-state index contributed by atoms with van der Waals surface area (Å²) in [5.74, 6) is 4.89. The number of carbonyl (C=O) groups excluding carboxylic acids is 1. The molecule has 2 aliphatic rings. The van der Waals surface area contributed by atoms with Gasteiger partial charge in [-0.2, -0.15) is 0 Å². The lowest BCUT2D eigenvalue weighted by Gasteiger charge is -2.37. The van der Waals surface area contributed by atoms with Crippen molar-refractivity contribution < 1.29 is 14.3 Å². The molecule has 6 nitrogen and oxygen atoms in total. The Balaban J connectivity index is 1.81. The molecule has 2 aliphatic heterocycles. The standard InChI is InChI=1S/C12H23N3O3/c1-8-7-17-9(2)5-15(8)6-10-3-4-11(18-10)12(16)14-13/h8-11H,3-7,13H2,1-2H3,(H,14,16). The van der Waals surface area contributed by atoms with Crippen molar-refractivity contribution in [3.8, 4) is 0 Å². The van der Waals surface area contributed by atoms with E-state index >= 15 is 0 Å². The Labute approximate surface area is 108 Å². The van der Waals surface area contributed by atoms with Gasteiger partial charge >= 0.3 is 0 Å². The molecular formula is C12H23N3O3. The number of ether oxygens (including phenoxy) is 2. The largest absolute Gasteiger partial charge is 0.376 e. The van der Waals surface area contributed by atoms with E-state index in [2.05, 4.69) is 24.2 Å². The topological polar surface area (TPSA) is 76.8 Å². The van der Waals surface area contributed by atoms with E-state index in [0.717, 1.165) is 32.5 Å². The van der Waals surface area contributed by atoms with Crippen LogP contribution in [0.1, 0.15) is 26.7 Å². The third-order valence-electron chi connectivity index (χ3n) is 3.72. The fraction of sp³-hybridized carbons (Fsp3) is 0.917. The Morgan fingerprint density at radius 2 is 2.22 bits per heavy atom. The quantitative estimate of drug-likeness (QED) is 0.410. The van der Waals surface area contributed by atoms with Crippen LogP contribution >= 0.6 is 0 Å². The van der Waals surface area contributed by atoms with Crippen LogP contribution in [0.2, 0.25) is 0 Å². The summed E-state index contributed by atoms with van der Waals surface area (Å²) in [5.41, 5.74) is 2.15. The maximum Gasteiger partial charge on any atom is 0.263 e. The highest BCUT2D eigenvalue weighted by atomic mass is 16.5. The van der Waals surface area contributed by atoms with Gasteiger partial charge in [0, 0.05) is 19.1 Å². The van der Waals surface area contributed by atoms with Gasteiger partial charge in [0.2, 0.25) is 0 Å². The van der Waals surface area contributed by atoms with Crippen molar-refractivity contribution in [3.05, 3.63) is 0 Å². The number of nitrogens with zero attached hydrogens (tertiary/aromatic N) is 1. The number of rotatable bonds is 3. The minimum Gasteiger partial charge on any atom is -0.376 e. The molecule has 2 fully saturated rings. The first-order chi connectivity index (χ1) is 8.60. The van der Waals surface area contributed by atoms with Crippen LogP contribution in [0.5, 0.6) is 0 Å². The smallest absolute Gasteiger partial charge is 0.263 e. The lowest BCUT2D eigenvalue weighted by atomic mass is 10.1. The van der Waals surface area contributed by atoms with E-state index in [-0.39, 0.29) is 24.2 Å². The minimum absolute atomic E-state index is 0.125. The number of nitrogens with two attached hydrogens (primary N) is 1. The molecule has 0 aromatic rings. The van der Waals surface area contributed by atoms with Gasteiger partial charge in [-0.3, -0.25) is 15.1 Å². The van der Waals surface area contributed by atoms with Gasteiger partial charge in [-0.25, -0.2) is 5.84 Å². The Bertz CT molecular complexity index is 300. The number of nitrogens with one attached hydrogen (secondary N) is 1. The van der Waals surface area contributed by atoms with Crippen molar-refractivity contribution in [3.63, 3.8) is 0 Å². The SMILES string of the molecule is CC1CN(CC2CCC(C(=O)NN)O2)C(C)CO1. The van der Waals surface area contributed by atoms with E-state index in [4.69, 9.17) is 15.3 Å². The first-order valence-electron chi connectivity index (χ1n) is 6.61. The van der Waals surface area contributed by atoms with E-state index in [1.54, 1.807) is 0 Å². The van der Waals surface area contributed by atoms with Gasteiger partial charge < -0.3 is 9.47 Å². The summed E-state index contributed by atoms with van der Waals surface area (Å²) in [7, 11) is 0. The van der Waals surface area contributed by atoms with E-state index in [1.807, 2.05) is 0 Å². The van der Waals surface area contributed by atoms with Gasteiger partial charge in [0.05, 0.1) is 18.8 Å². The maximum absolute atomic E-state index is 11.4. The molecule has 0 saturated carbocycles. The van der Waals surface area contributed by atoms with Crippen LogP contribution in [0.3, 0.4) is 0 Å². The van der Waals surface area contributed by atoms with Gasteiger partial charge in [0.15, 0.2) is 0 Å². The zero-order chi connectivity index (χ0) is 13.1. The number of amides is 1. The van der Waals surface area contributed by atoms with Gasteiger partial charge in [0.1, 0.15) is 6.10 Å². The predicted molar refractivity (Wildman–Crippen MR) is 66.7 cm³/mol. The number of morpholine rings is 1. The summed E-state index contributed by atoms with van der Waals surface area (Å²) in [5, 5.41) is 0. The third-order valence-corrected chi connectivity index (χ3v) is 3.72.